The molecule has 2 amide bonds. The Kier molecular flexibility index (Phi) is 8.65. The van der Waals surface area contributed by atoms with E-state index in [9.17, 15) is 14.9 Å². The molecule has 0 N–H and O–H groups in total. The van der Waals surface area contributed by atoms with Gasteiger partial charge in [-0.1, -0.05) is 47.5 Å². The largest absolute Gasteiger partial charge is 0.487 e. The molecule has 1 saturated heterocycles. The van der Waals surface area contributed by atoms with Gasteiger partial charge in [0.15, 0.2) is 0 Å². The van der Waals surface area contributed by atoms with Crippen molar-refractivity contribution in [2.24, 2.45) is 0 Å². The number of nitrogens with zero attached hydrogens (tertiary/aromatic N) is 2. The number of ether oxygens (including phenoxy) is 1. The van der Waals surface area contributed by atoms with Gasteiger partial charge in [0.1, 0.15) is 12.4 Å². The second kappa shape index (κ2) is 11.5. The summed E-state index contributed by atoms with van der Waals surface area (Å²) in [5.41, 5.74) is 2.66. The van der Waals surface area contributed by atoms with Crippen molar-refractivity contribution < 1.29 is 14.3 Å². The van der Waals surface area contributed by atoms with Crippen LogP contribution >= 0.6 is 80.1 Å². The van der Waals surface area contributed by atoms with E-state index in [4.69, 9.17) is 27.9 Å². The fourth-order valence-corrected chi connectivity index (χ4v) is 6.74. The normalized spacial score (nSPS) is 14.5. The van der Waals surface area contributed by atoms with Crippen LogP contribution in [0, 0.1) is 18.5 Å². The Morgan fingerprint density at radius 2 is 1.74 bits per heavy atom. The molecule has 0 unspecified atom stereocenters. The topological polar surface area (TPSA) is 70.4 Å². The molecule has 176 valence electrons. The summed E-state index contributed by atoms with van der Waals surface area (Å²) >= 11 is 17.4. The molecule has 35 heavy (non-hydrogen) atoms. The molecule has 3 aromatic carbocycles. The van der Waals surface area contributed by atoms with Crippen molar-refractivity contribution >= 4 is 97.4 Å². The van der Waals surface area contributed by atoms with Gasteiger partial charge in [-0.05, 0) is 104 Å². The summed E-state index contributed by atoms with van der Waals surface area (Å²) in [6.07, 6.45) is 1.70. The molecule has 1 fully saturated rings. The van der Waals surface area contributed by atoms with Gasteiger partial charge >= 0.3 is 0 Å². The summed E-state index contributed by atoms with van der Waals surface area (Å²) in [4.78, 5) is 27.0. The number of halogens is 4. The van der Waals surface area contributed by atoms with Crippen LogP contribution in [0.3, 0.4) is 0 Å². The molecule has 0 bridgehead atoms. The first-order chi connectivity index (χ1) is 16.8. The zero-order valence-corrected chi connectivity index (χ0v) is 24.4. The van der Waals surface area contributed by atoms with Crippen molar-refractivity contribution in [1.29, 1.82) is 5.26 Å². The van der Waals surface area contributed by atoms with Crippen LogP contribution in [0.4, 0.5) is 4.79 Å². The highest BCUT2D eigenvalue weighted by atomic mass is 127. The molecule has 0 saturated carbocycles. The van der Waals surface area contributed by atoms with Crippen LogP contribution in [-0.4, -0.2) is 16.0 Å². The van der Waals surface area contributed by atoms with Gasteiger partial charge in [-0.2, -0.15) is 5.26 Å². The number of benzene rings is 3. The number of carbonyl (C=O) groups excluding carboxylic acids is 2. The Morgan fingerprint density at radius 1 is 1.03 bits per heavy atom. The zero-order valence-electron chi connectivity index (χ0n) is 17.7. The molecule has 1 heterocycles. The molecule has 0 aromatic heterocycles. The van der Waals surface area contributed by atoms with Crippen molar-refractivity contribution in [2.75, 3.05) is 0 Å². The lowest BCUT2D eigenvalue weighted by Gasteiger charge is -2.13. The van der Waals surface area contributed by atoms with Crippen LogP contribution in [0.2, 0.25) is 10.0 Å². The maximum atomic E-state index is 13.0. The van der Waals surface area contributed by atoms with Gasteiger partial charge in [0.2, 0.25) is 0 Å². The minimum Gasteiger partial charge on any atom is -0.487 e. The third-order valence-electron chi connectivity index (χ3n) is 5.05. The molecule has 4 rings (SSSR count). The van der Waals surface area contributed by atoms with E-state index in [1.54, 1.807) is 42.5 Å². The van der Waals surface area contributed by atoms with Crippen LogP contribution in [0.1, 0.15) is 22.3 Å². The molecule has 0 radical (unpaired) electrons. The summed E-state index contributed by atoms with van der Waals surface area (Å²) in [6.45, 7) is 0.339. The van der Waals surface area contributed by atoms with Gasteiger partial charge in [-0.25, -0.2) is 0 Å². The number of carbonyl (C=O) groups is 2. The van der Waals surface area contributed by atoms with Crippen LogP contribution < -0.4 is 4.74 Å². The average molecular weight is 747 g/mol. The van der Waals surface area contributed by atoms with Crippen LogP contribution in [0.25, 0.3) is 6.08 Å². The van der Waals surface area contributed by atoms with Crippen molar-refractivity contribution in [1.82, 2.24) is 4.90 Å². The lowest BCUT2D eigenvalue weighted by atomic mass is 10.1. The van der Waals surface area contributed by atoms with E-state index in [0.29, 0.717) is 31.8 Å². The number of hydrogen-bond donors (Lipinski definition) is 0. The van der Waals surface area contributed by atoms with Crippen molar-refractivity contribution in [3.63, 3.8) is 0 Å². The number of amides is 2. The third kappa shape index (κ3) is 6.14. The number of hydrogen-bond acceptors (Lipinski definition) is 5. The molecule has 0 aliphatic carbocycles. The number of thioether (sulfide) groups is 1. The van der Waals surface area contributed by atoms with Gasteiger partial charge in [0.05, 0.1) is 30.2 Å². The smallest absolute Gasteiger partial charge is 0.293 e. The SMILES string of the molecule is N#Cc1ccccc1CN1C(=O)S/C(=C/c2cc(I)c(OCc3ccc(Cl)cc3Cl)c(I)c2)C1=O. The summed E-state index contributed by atoms with van der Waals surface area (Å²) in [7, 11) is 0. The Balaban J connectivity index is 1.52. The highest BCUT2D eigenvalue weighted by Crippen LogP contribution is 2.36. The van der Waals surface area contributed by atoms with Gasteiger partial charge in [0, 0.05) is 15.6 Å². The van der Waals surface area contributed by atoms with Crippen LogP contribution in [-0.2, 0) is 17.9 Å². The Morgan fingerprint density at radius 3 is 2.43 bits per heavy atom. The Labute approximate surface area is 243 Å². The molecular weight excluding hydrogens is 733 g/mol. The summed E-state index contributed by atoms with van der Waals surface area (Å²) in [6, 6.07) is 18.1. The molecule has 3 aromatic rings. The first-order valence-electron chi connectivity index (χ1n) is 10.1. The molecule has 0 spiro atoms. The maximum Gasteiger partial charge on any atom is 0.293 e. The van der Waals surface area contributed by atoms with Crippen molar-refractivity contribution in [2.45, 2.75) is 13.2 Å². The fraction of sp³-hybridized carbons (Fsp3) is 0.0800. The molecule has 1 aliphatic rings. The minimum absolute atomic E-state index is 0.0564. The molecule has 0 atom stereocenters. The third-order valence-corrected chi connectivity index (χ3v) is 8.14. The van der Waals surface area contributed by atoms with E-state index < -0.39 is 0 Å². The average Bonchev–Trinajstić information content (AvgIpc) is 3.07. The summed E-state index contributed by atoms with van der Waals surface area (Å²) in [5.74, 6) is 0.325. The summed E-state index contributed by atoms with van der Waals surface area (Å²) < 4.78 is 7.73. The van der Waals surface area contributed by atoms with E-state index in [1.165, 1.54) is 0 Å². The fourth-order valence-electron chi connectivity index (χ4n) is 3.31. The van der Waals surface area contributed by atoms with E-state index in [2.05, 4.69) is 51.3 Å². The first-order valence-corrected chi connectivity index (χ1v) is 13.8. The Bertz CT molecular complexity index is 1400. The molecular formula is C25H14Cl2I2N2O3S. The lowest BCUT2D eigenvalue weighted by Crippen LogP contribution is -2.27. The predicted molar refractivity (Wildman–Crippen MR) is 155 cm³/mol. The van der Waals surface area contributed by atoms with Gasteiger partial charge < -0.3 is 4.74 Å². The second-order valence-electron chi connectivity index (χ2n) is 7.37. The number of rotatable bonds is 6. The van der Waals surface area contributed by atoms with Crippen LogP contribution in [0.15, 0.2) is 59.5 Å². The Hall–Kier alpha value is -1.78. The second-order valence-corrected chi connectivity index (χ2v) is 11.5. The highest BCUT2D eigenvalue weighted by molar-refractivity contribution is 14.1. The van der Waals surface area contributed by atoms with Gasteiger partial charge in [0.25, 0.3) is 11.1 Å². The van der Waals surface area contributed by atoms with E-state index >= 15 is 0 Å². The van der Waals surface area contributed by atoms with Gasteiger partial charge in [-0.3, -0.25) is 14.5 Å². The number of imide groups is 1. The van der Waals surface area contributed by atoms with E-state index in [0.717, 1.165) is 34.9 Å². The highest BCUT2D eigenvalue weighted by Gasteiger charge is 2.35. The molecule has 1 aliphatic heterocycles. The maximum absolute atomic E-state index is 13.0. The van der Waals surface area contributed by atoms with E-state index in [1.807, 2.05) is 18.2 Å². The molecule has 5 nitrogen and oxygen atoms in total. The zero-order chi connectivity index (χ0) is 25.1. The monoisotopic (exact) mass is 746 g/mol. The van der Waals surface area contributed by atoms with Crippen molar-refractivity contribution in [3.05, 3.63) is 98.9 Å². The minimum atomic E-state index is -0.379. The number of nitriles is 1. The predicted octanol–water partition coefficient (Wildman–Crippen LogP) is 7.89. The lowest BCUT2D eigenvalue weighted by molar-refractivity contribution is -0.123. The first kappa shape index (κ1) is 26.3. The summed E-state index contributed by atoms with van der Waals surface area (Å²) in [5, 5.41) is 10.0. The van der Waals surface area contributed by atoms with Crippen LogP contribution in [0.5, 0.6) is 5.75 Å². The van der Waals surface area contributed by atoms with Crippen molar-refractivity contribution in [3.8, 4) is 11.8 Å². The quantitative estimate of drug-likeness (QED) is 0.190. The molecule has 10 heteroatoms. The van der Waals surface area contributed by atoms with E-state index in [-0.39, 0.29) is 24.3 Å². The standard InChI is InChI=1S/C25H14Cl2I2N2O3S/c26-18-6-5-17(19(27)10-18)13-34-23-20(28)7-14(8-21(23)29)9-22-24(32)31(25(33)35-22)12-16-4-2-1-3-15(16)11-30/h1-10H,12-13H2/b22-9+. The van der Waals surface area contributed by atoms with Gasteiger partial charge in [-0.15, -0.1) is 0 Å².